The Morgan fingerprint density at radius 3 is 2.85 bits per heavy atom. The minimum atomic E-state index is -0.320. The van der Waals surface area contributed by atoms with Gasteiger partial charge in [-0.1, -0.05) is 24.3 Å². The Balaban J connectivity index is 1.53. The topological polar surface area (TPSA) is 38.8 Å². The zero-order chi connectivity index (χ0) is 17.9. The van der Waals surface area contributed by atoms with Crippen LogP contribution in [0.5, 0.6) is 0 Å². The lowest BCUT2D eigenvalue weighted by Crippen LogP contribution is -2.30. The Kier molecular flexibility index (Phi) is 5.00. The smallest absolute Gasteiger partial charge is 0.258 e. The van der Waals surface area contributed by atoms with Crippen molar-refractivity contribution in [3.05, 3.63) is 65.0 Å². The average Bonchev–Trinajstić information content (AvgIpc) is 3.10. The van der Waals surface area contributed by atoms with Gasteiger partial charge in [0.05, 0.1) is 18.4 Å². The summed E-state index contributed by atoms with van der Waals surface area (Å²) in [6.07, 6.45) is 2.69. The number of carbonyl (C=O) groups is 1. The molecule has 0 N–H and O–H groups in total. The molecule has 1 amide bonds. The lowest BCUT2D eigenvalue weighted by molar-refractivity contribution is -0.0391. The van der Waals surface area contributed by atoms with Gasteiger partial charge < -0.3 is 14.4 Å². The lowest BCUT2D eigenvalue weighted by atomic mass is 10.1. The monoisotopic (exact) mass is 355 g/mol. The third-order valence-electron chi connectivity index (χ3n) is 5.08. The van der Waals surface area contributed by atoms with Crippen molar-refractivity contribution in [1.29, 1.82) is 0 Å². The third kappa shape index (κ3) is 3.50. The zero-order valence-corrected chi connectivity index (χ0v) is 14.6. The van der Waals surface area contributed by atoms with Crippen molar-refractivity contribution in [3.8, 4) is 0 Å². The summed E-state index contributed by atoms with van der Waals surface area (Å²) in [6, 6.07) is 12.2. The molecule has 0 radical (unpaired) electrons. The summed E-state index contributed by atoms with van der Waals surface area (Å²) in [7, 11) is 0. The molecule has 5 heteroatoms. The predicted molar refractivity (Wildman–Crippen MR) is 96.9 cm³/mol. The molecule has 4 nitrogen and oxygen atoms in total. The van der Waals surface area contributed by atoms with Crippen LogP contribution < -0.4 is 4.90 Å². The number of benzene rings is 2. The maximum atomic E-state index is 13.6. The first-order valence-electron chi connectivity index (χ1n) is 9.10. The fraction of sp³-hybridized carbons (Fsp3) is 0.381. The van der Waals surface area contributed by atoms with Gasteiger partial charge in [0, 0.05) is 25.3 Å². The van der Waals surface area contributed by atoms with Crippen LogP contribution in [0.1, 0.15) is 34.3 Å². The van der Waals surface area contributed by atoms with Gasteiger partial charge in [-0.3, -0.25) is 4.79 Å². The fourth-order valence-corrected chi connectivity index (χ4v) is 3.61. The van der Waals surface area contributed by atoms with E-state index in [4.69, 9.17) is 9.47 Å². The molecule has 4 rings (SSSR count). The summed E-state index contributed by atoms with van der Waals surface area (Å²) in [5, 5.41) is 0. The van der Waals surface area contributed by atoms with E-state index in [1.807, 2.05) is 24.3 Å². The Bertz CT molecular complexity index is 802. The van der Waals surface area contributed by atoms with E-state index >= 15 is 0 Å². The molecule has 0 atom stereocenters. The molecule has 0 unspecified atom stereocenters. The van der Waals surface area contributed by atoms with Gasteiger partial charge in [-0.05, 0) is 48.6 Å². The second-order valence-electron chi connectivity index (χ2n) is 6.76. The molecule has 2 aromatic carbocycles. The third-order valence-corrected chi connectivity index (χ3v) is 5.08. The number of ether oxygens (including phenoxy) is 2. The van der Waals surface area contributed by atoms with Gasteiger partial charge in [0.2, 0.25) is 0 Å². The van der Waals surface area contributed by atoms with Gasteiger partial charge >= 0.3 is 0 Å². The summed E-state index contributed by atoms with van der Waals surface area (Å²) >= 11 is 0. The van der Waals surface area contributed by atoms with E-state index in [0.29, 0.717) is 24.4 Å². The predicted octanol–water partition coefficient (Wildman–Crippen LogP) is 3.72. The van der Waals surface area contributed by atoms with E-state index in [0.717, 1.165) is 43.6 Å². The van der Waals surface area contributed by atoms with Gasteiger partial charge in [0.1, 0.15) is 5.82 Å². The molecule has 2 aromatic rings. The van der Waals surface area contributed by atoms with Crippen LogP contribution in [-0.4, -0.2) is 31.8 Å². The summed E-state index contributed by atoms with van der Waals surface area (Å²) in [5.74, 6) is -0.417. The number of hydrogen-bond acceptors (Lipinski definition) is 3. The van der Waals surface area contributed by atoms with E-state index in [1.165, 1.54) is 12.1 Å². The highest BCUT2D eigenvalue weighted by Gasteiger charge is 2.27. The van der Waals surface area contributed by atoms with Crippen molar-refractivity contribution >= 4 is 11.6 Å². The molecule has 0 spiro atoms. The minimum Gasteiger partial charge on any atom is -0.381 e. The summed E-state index contributed by atoms with van der Waals surface area (Å²) < 4.78 is 25.0. The molecule has 2 aliphatic rings. The van der Waals surface area contributed by atoms with Crippen LogP contribution >= 0.6 is 0 Å². The molecule has 2 heterocycles. The van der Waals surface area contributed by atoms with Crippen LogP contribution in [-0.2, 0) is 22.5 Å². The molecule has 0 aliphatic carbocycles. The maximum Gasteiger partial charge on any atom is 0.258 e. The summed E-state index contributed by atoms with van der Waals surface area (Å²) in [5.41, 5.74) is 3.18. The van der Waals surface area contributed by atoms with Crippen molar-refractivity contribution in [2.24, 2.45) is 0 Å². The molecule has 0 aromatic heterocycles. The first kappa shape index (κ1) is 17.2. The van der Waals surface area contributed by atoms with Crippen molar-refractivity contribution in [2.75, 3.05) is 24.7 Å². The van der Waals surface area contributed by atoms with E-state index < -0.39 is 0 Å². The standard InChI is InChI=1S/C21H22FNO3/c22-17-6-5-15-7-10-23(20(15)13-17)21(24)19-4-2-1-3-16(19)14-26-18-8-11-25-12-9-18/h1-6,13,18H,7-12,14H2. The van der Waals surface area contributed by atoms with E-state index in [1.54, 1.807) is 11.0 Å². The number of hydrogen-bond donors (Lipinski definition) is 0. The largest absolute Gasteiger partial charge is 0.381 e. The Morgan fingerprint density at radius 2 is 2.00 bits per heavy atom. The van der Waals surface area contributed by atoms with Crippen molar-refractivity contribution < 1.29 is 18.7 Å². The van der Waals surface area contributed by atoms with Crippen molar-refractivity contribution in [2.45, 2.75) is 32.0 Å². The van der Waals surface area contributed by atoms with Gasteiger partial charge in [-0.25, -0.2) is 4.39 Å². The lowest BCUT2D eigenvalue weighted by Gasteiger charge is -2.23. The fourth-order valence-electron chi connectivity index (χ4n) is 3.61. The number of carbonyl (C=O) groups excluding carboxylic acids is 1. The molecule has 1 saturated heterocycles. The molecule has 2 aliphatic heterocycles. The molecular weight excluding hydrogens is 333 g/mol. The summed E-state index contributed by atoms with van der Waals surface area (Å²) in [6.45, 7) is 2.42. The van der Waals surface area contributed by atoms with Gasteiger partial charge in [-0.15, -0.1) is 0 Å². The van der Waals surface area contributed by atoms with E-state index in [9.17, 15) is 9.18 Å². The minimum absolute atomic E-state index is 0.0967. The van der Waals surface area contributed by atoms with Crippen LogP contribution in [0.25, 0.3) is 0 Å². The van der Waals surface area contributed by atoms with Crippen molar-refractivity contribution in [3.63, 3.8) is 0 Å². The number of nitrogens with zero attached hydrogens (tertiary/aromatic N) is 1. The van der Waals surface area contributed by atoms with Crippen LogP contribution in [0.2, 0.25) is 0 Å². The van der Waals surface area contributed by atoms with Crippen LogP contribution in [0, 0.1) is 5.82 Å². The molecule has 136 valence electrons. The number of rotatable bonds is 4. The van der Waals surface area contributed by atoms with Crippen LogP contribution in [0.15, 0.2) is 42.5 Å². The Hall–Kier alpha value is -2.24. The number of amides is 1. The second-order valence-corrected chi connectivity index (χ2v) is 6.76. The molecule has 1 fully saturated rings. The van der Waals surface area contributed by atoms with Gasteiger partial charge in [0.25, 0.3) is 5.91 Å². The first-order chi connectivity index (χ1) is 12.7. The zero-order valence-electron chi connectivity index (χ0n) is 14.6. The normalized spacial score (nSPS) is 17.3. The van der Waals surface area contributed by atoms with Crippen molar-refractivity contribution in [1.82, 2.24) is 0 Å². The summed E-state index contributed by atoms with van der Waals surface area (Å²) in [4.78, 5) is 14.8. The Morgan fingerprint density at radius 1 is 1.19 bits per heavy atom. The highest BCUT2D eigenvalue weighted by Crippen LogP contribution is 2.30. The molecule has 26 heavy (non-hydrogen) atoms. The maximum absolute atomic E-state index is 13.6. The number of anilines is 1. The van der Waals surface area contributed by atoms with Gasteiger partial charge in [0.15, 0.2) is 0 Å². The quantitative estimate of drug-likeness (QED) is 0.839. The molecular formula is C21H22FNO3. The second kappa shape index (κ2) is 7.56. The number of fused-ring (bicyclic) bond motifs is 1. The van der Waals surface area contributed by atoms with Crippen LogP contribution in [0.3, 0.4) is 0 Å². The Labute approximate surface area is 152 Å². The highest BCUT2D eigenvalue weighted by molar-refractivity contribution is 6.08. The highest BCUT2D eigenvalue weighted by atomic mass is 19.1. The molecule has 0 saturated carbocycles. The van der Waals surface area contributed by atoms with Gasteiger partial charge in [-0.2, -0.15) is 0 Å². The number of halogens is 1. The molecule has 0 bridgehead atoms. The first-order valence-corrected chi connectivity index (χ1v) is 9.10. The SMILES string of the molecule is O=C(c1ccccc1COC1CCOCC1)N1CCc2ccc(F)cc21. The van der Waals surface area contributed by atoms with Crippen LogP contribution in [0.4, 0.5) is 10.1 Å². The van der Waals surface area contributed by atoms with E-state index in [2.05, 4.69) is 0 Å². The van der Waals surface area contributed by atoms with E-state index in [-0.39, 0.29) is 17.8 Å². The average molecular weight is 355 g/mol.